The lowest BCUT2D eigenvalue weighted by Gasteiger charge is -2.03. The molecule has 2 aromatic rings. The number of nitrogens with one attached hydrogen (secondary N) is 1. The van der Waals surface area contributed by atoms with Gasteiger partial charge in [-0.25, -0.2) is 4.98 Å². The van der Waals surface area contributed by atoms with E-state index in [0.717, 1.165) is 11.1 Å². The molecule has 0 unspecified atom stereocenters. The molecule has 0 bridgehead atoms. The van der Waals surface area contributed by atoms with Crippen LogP contribution in [0.2, 0.25) is 0 Å². The standard InChI is InChI=1S/C16H16N2O2/c1-20-16-10-8-14(12-18-16)11-17-15(19)9-7-13-5-3-2-4-6-13/h2-10,12H,11H2,1H3,(H,17,19)/b9-7+. The number of rotatable bonds is 5. The molecule has 1 aromatic heterocycles. The topological polar surface area (TPSA) is 51.2 Å². The number of nitrogens with zero attached hydrogens (tertiary/aromatic N) is 1. The van der Waals surface area contributed by atoms with Gasteiger partial charge in [-0.1, -0.05) is 36.4 Å². The number of carbonyl (C=O) groups is 1. The molecule has 0 radical (unpaired) electrons. The monoisotopic (exact) mass is 268 g/mol. The molecule has 20 heavy (non-hydrogen) atoms. The molecule has 1 aromatic carbocycles. The van der Waals surface area contributed by atoms with Gasteiger partial charge in [-0.15, -0.1) is 0 Å². The predicted molar refractivity (Wildman–Crippen MR) is 78.1 cm³/mol. The van der Waals surface area contributed by atoms with Crippen LogP contribution in [0.3, 0.4) is 0 Å². The summed E-state index contributed by atoms with van der Waals surface area (Å²) in [7, 11) is 1.57. The van der Waals surface area contributed by atoms with Crippen molar-refractivity contribution in [1.29, 1.82) is 0 Å². The lowest BCUT2D eigenvalue weighted by molar-refractivity contribution is -0.116. The van der Waals surface area contributed by atoms with E-state index < -0.39 is 0 Å². The van der Waals surface area contributed by atoms with Crippen LogP contribution in [0.25, 0.3) is 6.08 Å². The smallest absolute Gasteiger partial charge is 0.244 e. The Morgan fingerprint density at radius 3 is 2.70 bits per heavy atom. The van der Waals surface area contributed by atoms with E-state index in [1.54, 1.807) is 25.4 Å². The molecule has 0 saturated carbocycles. The quantitative estimate of drug-likeness (QED) is 0.847. The maximum Gasteiger partial charge on any atom is 0.244 e. The second-order valence-corrected chi connectivity index (χ2v) is 4.17. The van der Waals surface area contributed by atoms with E-state index in [0.29, 0.717) is 12.4 Å². The van der Waals surface area contributed by atoms with Crippen molar-refractivity contribution in [2.45, 2.75) is 6.54 Å². The highest BCUT2D eigenvalue weighted by atomic mass is 16.5. The summed E-state index contributed by atoms with van der Waals surface area (Å²) in [4.78, 5) is 15.7. The van der Waals surface area contributed by atoms with Crippen LogP contribution in [0.4, 0.5) is 0 Å². The van der Waals surface area contributed by atoms with Gasteiger partial charge in [0.05, 0.1) is 7.11 Å². The van der Waals surface area contributed by atoms with Gasteiger partial charge in [-0.05, 0) is 17.2 Å². The third kappa shape index (κ3) is 4.24. The lowest BCUT2D eigenvalue weighted by Crippen LogP contribution is -2.20. The van der Waals surface area contributed by atoms with Crippen LogP contribution >= 0.6 is 0 Å². The van der Waals surface area contributed by atoms with E-state index in [1.807, 2.05) is 36.4 Å². The van der Waals surface area contributed by atoms with E-state index in [-0.39, 0.29) is 5.91 Å². The molecule has 0 aliphatic heterocycles. The van der Waals surface area contributed by atoms with Gasteiger partial charge in [-0.3, -0.25) is 4.79 Å². The van der Waals surface area contributed by atoms with Gasteiger partial charge in [-0.2, -0.15) is 0 Å². The fourth-order valence-corrected chi connectivity index (χ4v) is 1.62. The second kappa shape index (κ2) is 7.09. The normalized spacial score (nSPS) is 10.4. The van der Waals surface area contributed by atoms with Crippen molar-refractivity contribution in [3.8, 4) is 5.88 Å². The highest BCUT2D eigenvalue weighted by molar-refractivity contribution is 5.91. The van der Waals surface area contributed by atoms with Crippen LogP contribution < -0.4 is 10.1 Å². The maximum atomic E-state index is 11.7. The van der Waals surface area contributed by atoms with Crippen LogP contribution in [-0.2, 0) is 11.3 Å². The minimum absolute atomic E-state index is 0.135. The predicted octanol–water partition coefficient (Wildman–Crippen LogP) is 2.42. The maximum absolute atomic E-state index is 11.7. The van der Waals surface area contributed by atoms with E-state index in [2.05, 4.69) is 10.3 Å². The molecule has 0 spiro atoms. The zero-order valence-corrected chi connectivity index (χ0v) is 11.2. The first kappa shape index (κ1) is 13.8. The fraction of sp³-hybridized carbons (Fsp3) is 0.125. The Morgan fingerprint density at radius 2 is 2.05 bits per heavy atom. The molecule has 102 valence electrons. The molecule has 4 nitrogen and oxygen atoms in total. The van der Waals surface area contributed by atoms with Crippen LogP contribution in [-0.4, -0.2) is 18.0 Å². The van der Waals surface area contributed by atoms with E-state index in [1.165, 1.54) is 6.08 Å². The molecule has 0 fully saturated rings. The number of hydrogen-bond donors (Lipinski definition) is 1. The summed E-state index contributed by atoms with van der Waals surface area (Å²) in [5, 5.41) is 2.80. The SMILES string of the molecule is COc1ccc(CNC(=O)/C=C/c2ccccc2)cn1. The molecule has 1 N–H and O–H groups in total. The number of aromatic nitrogens is 1. The van der Waals surface area contributed by atoms with Crippen molar-refractivity contribution in [1.82, 2.24) is 10.3 Å². The van der Waals surface area contributed by atoms with Gasteiger partial charge in [0, 0.05) is 24.9 Å². The molecule has 0 aliphatic carbocycles. The number of hydrogen-bond acceptors (Lipinski definition) is 3. The summed E-state index contributed by atoms with van der Waals surface area (Å²) in [5.74, 6) is 0.425. The molecular formula is C16H16N2O2. The third-order valence-corrected chi connectivity index (χ3v) is 2.70. The summed E-state index contributed by atoms with van der Waals surface area (Å²) < 4.78 is 4.97. The Bertz CT molecular complexity index is 577. The largest absolute Gasteiger partial charge is 0.481 e. The van der Waals surface area contributed by atoms with Crippen LogP contribution in [0.5, 0.6) is 5.88 Å². The van der Waals surface area contributed by atoms with Crippen LogP contribution in [0.1, 0.15) is 11.1 Å². The Balaban J connectivity index is 1.84. The molecule has 0 atom stereocenters. The second-order valence-electron chi connectivity index (χ2n) is 4.17. The van der Waals surface area contributed by atoms with Crippen LogP contribution in [0.15, 0.2) is 54.7 Å². The van der Waals surface area contributed by atoms with Crippen molar-refractivity contribution < 1.29 is 9.53 Å². The van der Waals surface area contributed by atoms with E-state index >= 15 is 0 Å². The number of pyridine rings is 1. The van der Waals surface area contributed by atoms with Crippen LogP contribution in [0, 0.1) is 0 Å². The lowest BCUT2D eigenvalue weighted by atomic mass is 10.2. The zero-order valence-electron chi connectivity index (χ0n) is 11.2. The third-order valence-electron chi connectivity index (χ3n) is 2.70. The average molecular weight is 268 g/mol. The number of amides is 1. The number of ether oxygens (including phenoxy) is 1. The molecule has 2 rings (SSSR count). The van der Waals surface area contributed by atoms with Crippen molar-refractivity contribution >= 4 is 12.0 Å². The zero-order chi connectivity index (χ0) is 14.2. The van der Waals surface area contributed by atoms with E-state index in [4.69, 9.17) is 4.74 Å². The average Bonchev–Trinajstić information content (AvgIpc) is 2.52. The summed E-state index contributed by atoms with van der Waals surface area (Å²) in [5.41, 5.74) is 1.92. The van der Waals surface area contributed by atoms with Gasteiger partial charge in [0.15, 0.2) is 0 Å². The number of methoxy groups -OCH3 is 1. The van der Waals surface area contributed by atoms with Crippen molar-refractivity contribution in [2.75, 3.05) is 7.11 Å². The van der Waals surface area contributed by atoms with Gasteiger partial charge in [0.2, 0.25) is 11.8 Å². The summed E-state index contributed by atoms with van der Waals surface area (Å²) in [6.07, 6.45) is 4.98. The highest BCUT2D eigenvalue weighted by Crippen LogP contribution is 2.06. The summed E-state index contributed by atoms with van der Waals surface area (Å²) in [6.45, 7) is 0.439. The first-order chi connectivity index (χ1) is 9.78. The minimum atomic E-state index is -0.135. The molecule has 0 aliphatic rings. The van der Waals surface area contributed by atoms with Crippen molar-refractivity contribution in [2.24, 2.45) is 0 Å². The first-order valence-corrected chi connectivity index (χ1v) is 6.28. The van der Waals surface area contributed by atoms with Crippen molar-refractivity contribution in [3.05, 3.63) is 65.9 Å². The summed E-state index contributed by atoms with van der Waals surface area (Å²) >= 11 is 0. The molecule has 4 heteroatoms. The van der Waals surface area contributed by atoms with Gasteiger partial charge in [0.1, 0.15) is 0 Å². The molecular weight excluding hydrogens is 252 g/mol. The Kier molecular flexibility index (Phi) is 4.89. The van der Waals surface area contributed by atoms with E-state index in [9.17, 15) is 4.79 Å². The Labute approximate surface area is 118 Å². The highest BCUT2D eigenvalue weighted by Gasteiger charge is 1.98. The molecule has 0 saturated heterocycles. The Morgan fingerprint density at radius 1 is 1.25 bits per heavy atom. The number of benzene rings is 1. The summed E-state index contributed by atoms with van der Waals surface area (Å²) in [6, 6.07) is 13.3. The van der Waals surface area contributed by atoms with Gasteiger partial charge >= 0.3 is 0 Å². The first-order valence-electron chi connectivity index (χ1n) is 6.28. The number of carbonyl (C=O) groups excluding carboxylic acids is 1. The molecule has 1 heterocycles. The minimum Gasteiger partial charge on any atom is -0.481 e. The van der Waals surface area contributed by atoms with Gasteiger partial charge < -0.3 is 10.1 Å². The Hall–Kier alpha value is -2.62. The van der Waals surface area contributed by atoms with Crippen molar-refractivity contribution in [3.63, 3.8) is 0 Å². The van der Waals surface area contributed by atoms with Gasteiger partial charge in [0.25, 0.3) is 0 Å². The molecule has 1 amide bonds. The fourth-order valence-electron chi connectivity index (χ4n) is 1.62.